The van der Waals surface area contributed by atoms with Gasteiger partial charge in [-0.1, -0.05) is 43.2 Å². The Morgan fingerprint density at radius 2 is 1.87 bits per heavy atom. The highest BCUT2D eigenvalue weighted by atomic mass is 16.6. The van der Waals surface area contributed by atoms with E-state index in [9.17, 15) is 9.59 Å². The molecule has 2 atom stereocenters. The molecule has 1 saturated carbocycles. The highest BCUT2D eigenvalue weighted by Crippen LogP contribution is 2.35. The number of alkyl carbamates (subject to hydrolysis) is 1. The number of hydrogen-bond donors (Lipinski definition) is 1. The number of nitrogens with one attached hydrogen (secondary N) is 1. The summed E-state index contributed by atoms with van der Waals surface area (Å²) in [5, 5.41) is 3.04. The number of amides is 1. The van der Waals surface area contributed by atoms with Crippen LogP contribution < -0.4 is 5.32 Å². The monoisotopic (exact) mass is 413 g/mol. The summed E-state index contributed by atoms with van der Waals surface area (Å²) in [6, 6.07) is 9.56. The number of imidazole rings is 1. The van der Waals surface area contributed by atoms with Crippen molar-refractivity contribution in [1.82, 2.24) is 14.9 Å². The molecule has 1 aliphatic carbocycles. The van der Waals surface area contributed by atoms with E-state index in [4.69, 9.17) is 9.47 Å². The quantitative estimate of drug-likeness (QED) is 0.716. The van der Waals surface area contributed by atoms with Crippen LogP contribution >= 0.6 is 0 Å². The molecular formula is C23H31N3O4. The standard InChI is InChI=1S/C23H31N3O4/c1-5-29-21(27)19-20(16-11-7-6-8-12-16)26(15-24-19)18-14-10-9-13-17(18)25-22(28)30-23(2,3)4/h6-8,11-12,15,17-18H,5,9-10,13-14H2,1-4H3,(H,25,28)/t17-,18-/m0/s1. The fourth-order valence-corrected chi connectivity index (χ4v) is 3.91. The molecule has 1 N–H and O–H groups in total. The average molecular weight is 414 g/mol. The fourth-order valence-electron chi connectivity index (χ4n) is 3.91. The van der Waals surface area contributed by atoms with Crippen LogP contribution in [0.4, 0.5) is 4.79 Å². The van der Waals surface area contributed by atoms with Crippen LogP contribution in [-0.2, 0) is 9.47 Å². The van der Waals surface area contributed by atoms with E-state index in [1.807, 2.05) is 55.7 Å². The number of ether oxygens (including phenoxy) is 2. The number of carbonyl (C=O) groups is 2. The Morgan fingerprint density at radius 1 is 1.17 bits per heavy atom. The first kappa shape index (κ1) is 21.9. The predicted octanol–water partition coefficient (Wildman–Crippen LogP) is 4.74. The zero-order chi connectivity index (χ0) is 21.7. The van der Waals surface area contributed by atoms with Gasteiger partial charge in [0.15, 0.2) is 5.69 Å². The molecule has 0 saturated heterocycles. The van der Waals surface area contributed by atoms with Gasteiger partial charge in [-0.15, -0.1) is 0 Å². The van der Waals surface area contributed by atoms with Gasteiger partial charge in [-0.05, 0) is 40.5 Å². The third-order valence-electron chi connectivity index (χ3n) is 5.10. The van der Waals surface area contributed by atoms with Gasteiger partial charge >= 0.3 is 12.1 Å². The fraction of sp³-hybridized carbons (Fsp3) is 0.522. The molecule has 2 aromatic rings. The Morgan fingerprint density at radius 3 is 2.53 bits per heavy atom. The summed E-state index contributed by atoms with van der Waals surface area (Å²) >= 11 is 0. The number of esters is 1. The molecule has 0 spiro atoms. The lowest BCUT2D eigenvalue weighted by molar-refractivity contribution is 0.0468. The van der Waals surface area contributed by atoms with Gasteiger partial charge in [0.25, 0.3) is 0 Å². The Kier molecular flexibility index (Phi) is 6.80. The van der Waals surface area contributed by atoms with Gasteiger partial charge in [0, 0.05) is 5.56 Å². The minimum absolute atomic E-state index is 0.0304. The van der Waals surface area contributed by atoms with Gasteiger partial charge in [0.1, 0.15) is 5.60 Å². The van der Waals surface area contributed by atoms with Crippen LogP contribution in [-0.4, -0.2) is 39.9 Å². The van der Waals surface area contributed by atoms with Crippen molar-refractivity contribution in [2.75, 3.05) is 6.61 Å². The molecule has 0 aliphatic heterocycles. The topological polar surface area (TPSA) is 82.5 Å². The highest BCUT2D eigenvalue weighted by molar-refractivity contribution is 5.94. The summed E-state index contributed by atoms with van der Waals surface area (Å²) in [5.74, 6) is -0.442. The van der Waals surface area contributed by atoms with Crippen molar-refractivity contribution in [3.8, 4) is 11.3 Å². The molecule has 1 aromatic heterocycles. The highest BCUT2D eigenvalue weighted by Gasteiger charge is 2.33. The van der Waals surface area contributed by atoms with E-state index in [0.717, 1.165) is 36.9 Å². The molecule has 30 heavy (non-hydrogen) atoms. The van der Waals surface area contributed by atoms with Crippen molar-refractivity contribution in [3.63, 3.8) is 0 Å². The van der Waals surface area contributed by atoms with Gasteiger partial charge in [-0.2, -0.15) is 0 Å². The number of carbonyl (C=O) groups excluding carboxylic acids is 2. The minimum Gasteiger partial charge on any atom is -0.461 e. The zero-order valence-corrected chi connectivity index (χ0v) is 18.2. The molecule has 1 aromatic carbocycles. The summed E-state index contributed by atoms with van der Waals surface area (Å²) in [7, 11) is 0. The number of rotatable bonds is 5. The molecule has 162 valence electrons. The van der Waals surface area contributed by atoms with Gasteiger partial charge in [0.2, 0.25) is 0 Å². The van der Waals surface area contributed by atoms with Crippen LogP contribution in [0.3, 0.4) is 0 Å². The number of aromatic nitrogens is 2. The van der Waals surface area contributed by atoms with Gasteiger partial charge < -0.3 is 19.4 Å². The molecule has 1 aliphatic rings. The molecule has 3 rings (SSSR count). The predicted molar refractivity (Wildman–Crippen MR) is 114 cm³/mol. The van der Waals surface area contributed by atoms with Crippen molar-refractivity contribution in [1.29, 1.82) is 0 Å². The SMILES string of the molecule is CCOC(=O)c1ncn([C@H]2CCCC[C@@H]2NC(=O)OC(C)(C)C)c1-c1ccccc1. The molecular weight excluding hydrogens is 382 g/mol. The Hall–Kier alpha value is -2.83. The maximum absolute atomic E-state index is 12.6. The average Bonchev–Trinajstić information content (AvgIpc) is 3.13. The summed E-state index contributed by atoms with van der Waals surface area (Å²) in [6.45, 7) is 7.60. The van der Waals surface area contributed by atoms with Crippen LogP contribution in [0.1, 0.15) is 69.9 Å². The number of nitrogens with zero attached hydrogens (tertiary/aromatic N) is 2. The Bertz CT molecular complexity index is 870. The lowest BCUT2D eigenvalue weighted by Gasteiger charge is -2.34. The van der Waals surface area contributed by atoms with Crippen molar-refractivity contribution < 1.29 is 19.1 Å². The largest absolute Gasteiger partial charge is 0.461 e. The summed E-state index contributed by atoms with van der Waals surface area (Å²) in [5.41, 5.74) is 1.34. The van der Waals surface area contributed by atoms with Crippen LogP contribution in [0.25, 0.3) is 11.3 Å². The first-order valence-electron chi connectivity index (χ1n) is 10.6. The van der Waals surface area contributed by atoms with Crippen molar-refractivity contribution in [3.05, 3.63) is 42.4 Å². The maximum Gasteiger partial charge on any atom is 0.407 e. The lowest BCUT2D eigenvalue weighted by atomic mass is 9.89. The molecule has 1 amide bonds. The summed E-state index contributed by atoms with van der Waals surface area (Å²) < 4.78 is 12.7. The second-order valence-corrected chi connectivity index (χ2v) is 8.54. The third-order valence-corrected chi connectivity index (χ3v) is 5.10. The van der Waals surface area contributed by atoms with E-state index in [2.05, 4.69) is 10.3 Å². The Labute approximate surface area is 177 Å². The van der Waals surface area contributed by atoms with E-state index in [1.54, 1.807) is 13.3 Å². The zero-order valence-electron chi connectivity index (χ0n) is 18.2. The molecule has 0 bridgehead atoms. The Balaban J connectivity index is 1.96. The van der Waals surface area contributed by atoms with Crippen molar-refractivity contribution in [2.45, 2.75) is 71.1 Å². The van der Waals surface area contributed by atoms with E-state index >= 15 is 0 Å². The maximum atomic E-state index is 12.6. The van der Waals surface area contributed by atoms with Crippen LogP contribution in [0.2, 0.25) is 0 Å². The second kappa shape index (κ2) is 9.32. The third kappa shape index (κ3) is 5.20. The number of benzene rings is 1. The second-order valence-electron chi connectivity index (χ2n) is 8.54. The molecule has 7 nitrogen and oxygen atoms in total. The van der Waals surface area contributed by atoms with Crippen molar-refractivity contribution in [2.24, 2.45) is 0 Å². The molecule has 7 heteroatoms. The van der Waals surface area contributed by atoms with Crippen LogP contribution in [0.15, 0.2) is 36.7 Å². The van der Waals surface area contributed by atoms with Gasteiger partial charge in [-0.3, -0.25) is 0 Å². The normalized spacial score (nSPS) is 19.2. The number of hydrogen-bond acceptors (Lipinski definition) is 5. The first-order chi connectivity index (χ1) is 14.3. The smallest absolute Gasteiger partial charge is 0.407 e. The van der Waals surface area contributed by atoms with Gasteiger partial charge in [0.05, 0.1) is 30.7 Å². The minimum atomic E-state index is -0.560. The molecule has 1 fully saturated rings. The van der Waals surface area contributed by atoms with Crippen molar-refractivity contribution >= 4 is 12.1 Å². The van der Waals surface area contributed by atoms with E-state index in [-0.39, 0.29) is 18.7 Å². The molecule has 1 heterocycles. The lowest BCUT2D eigenvalue weighted by Crippen LogP contribution is -2.45. The summed E-state index contributed by atoms with van der Waals surface area (Å²) in [6.07, 6.45) is 5.04. The van der Waals surface area contributed by atoms with E-state index in [1.165, 1.54) is 0 Å². The van der Waals surface area contributed by atoms with E-state index in [0.29, 0.717) is 5.69 Å². The molecule has 0 unspecified atom stereocenters. The molecule has 0 radical (unpaired) electrons. The first-order valence-corrected chi connectivity index (χ1v) is 10.6. The van der Waals surface area contributed by atoms with Crippen LogP contribution in [0, 0.1) is 0 Å². The summed E-state index contributed by atoms with van der Waals surface area (Å²) in [4.78, 5) is 29.4. The van der Waals surface area contributed by atoms with Crippen LogP contribution in [0.5, 0.6) is 0 Å². The van der Waals surface area contributed by atoms with E-state index < -0.39 is 17.7 Å². The van der Waals surface area contributed by atoms with Gasteiger partial charge in [-0.25, -0.2) is 14.6 Å².